The molecule has 3 heteroatoms. The highest BCUT2D eigenvalue weighted by atomic mass is 16.7. The molecule has 76 valence electrons. The molecule has 1 aliphatic heterocycles. The van der Waals surface area contributed by atoms with Crippen LogP contribution < -0.4 is 0 Å². The summed E-state index contributed by atoms with van der Waals surface area (Å²) in [6.07, 6.45) is 2.73. The second-order valence-electron chi connectivity index (χ2n) is 4.19. The van der Waals surface area contributed by atoms with Gasteiger partial charge in [-0.25, -0.2) is 0 Å². The van der Waals surface area contributed by atoms with E-state index < -0.39 is 0 Å². The third kappa shape index (κ3) is 2.42. The lowest BCUT2D eigenvalue weighted by Gasteiger charge is -2.28. The highest BCUT2D eigenvalue weighted by Gasteiger charge is 2.33. The molecule has 0 aromatic carbocycles. The van der Waals surface area contributed by atoms with E-state index in [-0.39, 0.29) is 6.29 Å². The van der Waals surface area contributed by atoms with Crippen LogP contribution >= 0.6 is 0 Å². The van der Waals surface area contributed by atoms with Crippen molar-refractivity contribution in [2.75, 3.05) is 19.8 Å². The number of rotatable bonds is 4. The van der Waals surface area contributed by atoms with Crippen LogP contribution in [0.3, 0.4) is 0 Å². The first-order valence-corrected chi connectivity index (χ1v) is 5.26. The first-order chi connectivity index (χ1) is 6.27. The van der Waals surface area contributed by atoms with E-state index in [4.69, 9.17) is 9.47 Å². The zero-order valence-electron chi connectivity index (χ0n) is 8.53. The molecule has 13 heavy (non-hydrogen) atoms. The third-order valence-corrected chi connectivity index (χ3v) is 2.73. The van der Waals surface area contributed by atoms with Gasteiger partial charge in [0.1, 0.15) is 0 Å². The largest absolute Gasteiger partial charge is 0.349 e. The Bertz CT molecular complexity index is 160. The summed E-state index contributed by atoms with van der Waals surface area (Å²) in [7, 11) is 0. The van der Waals surface area contributed by atoms with Crippen LogP contribution in [0, 0.1) is 0 Å². The van der Waals surface area contributed by atoms with E-state index in [0.717, 1.165) is 25.8 Å². The average Bonchev–Trinajstić information content (AvgIpc) is 2.79. The fourth-order valence-electron chi connectivity index (χ4n) is 1.87. The van der Waals surface area contributed by atoms with E-state index >= 15 is 0 Å². The Morgan fingerprint density at radius 3 is 2.31 bits per heavy atom. The average molecular weight is 185 g/mol. The monoisotopic (exact) mass is 185 g/mol. The number of hydrogen-bond acceptors (Lipinski definition) is 3. The molecule has 1 heterocycles. The van der Waals surface area contributed by atoms with E-state index in [1.165, 1.54) is 12.8 Å². The van der Waals surface area contributed by atoms with Crippen LogP contribution in [0.1, 0.15) is 26.7 Å². The zero-order valence-corrected chi connectivity index (χ0v) is 8.53. The Morgan fingerprint density at radius 1 is 1.23 bits per heavy atom. The van der Waals surface area contributed by atoms with Crippen molar-refractivity contribution in [3.05, 3.63) is 0 Å². The standard InChI is InChI=1S/C10H19NO2/c1-8(2)11(9-3-4-9)7-10-12-5-6-13-10/h8-10H,3-7H2,1-2H3. The van der Waals surface area contributed by atoms with Gasteiger partial charge in [0, 0.05) is 12.1 Å². The van der Waals surface area contributed by atoms with Crippen molar-refractivity contribution in [3.8, 4) is 0 Å². The van der Waals surface area contributed by atoms with Crippen LogP contribution in [-0.2, 0) is 9.47 Å². The van der Waals surface area contributed by atoms with Gasteiger partial charge >= 0.3 is 0 Å². The fraction of sp³-hybridized carbons (Fsp3) is 1.00. The molecule has 0 N–H and O–H groups in total. The van der Waals surface area contributed by atoms with Gasteiger partial charge in [0.05, 0.1) is 19.8 Å². The van der Waals surface area contributed by atoms with Crippen molar-refractivity contribution < 1.29 is 9.47 Å². The maximum absolute atomic E-state index is 5.45. The second kappa shape index (κ2) is 3.95. The number of hydrogen-bond donors (Lipinski definition) is 0. The summed E-state index contributed by atoms with van der Waals surface area (Å²) in [5.74, 6) is 0. The van der Waals surface area contributed by atoms with E-state index in [9.17, 15) is 0 Å². The quantitative estimate of drug-likeness (QED) is 0.657. The van der Waals surface area contributed by atoms with Gasteiger partial charge in [0.15, 0.2) is 6.29 Å². The van der Waals surface area contributed by atoms with Gasteiger partial charge in [0.25, 0.3) is 0 Å². The molecule has 0 spiro atoms. The van der Waals surface area contributed by atoms with Crippen molar-refractivity contribution in [1.29, 1.82) is 0 Å². The summed E-state index contributed by atoms with van der Waals surface area (Å²) in [5.41, 5.74) is 0. The van der Waals surface area contributed by atoms with Crippen molar-refractivity contribution in [1.82, 2.24) is 4.90 Å². The maximum atomic E-state index is 5.45. The minimum absolute atomic E-state index is 0.0306. The Hall–Kier alpha value is -0.120. The summed E-state index contributed by atoms with van der Waals surface area (Å²) in [5, 5.41) is 0. The first-order valence-electron chi connectivity index (χ1n) is 5.26. The van der Waals surface area contributed by atoms with Gasteiger partial charge < -0.3 is 9.47 Å². The molecule has 1 saturated carbocycles. The van der Waals surface area contributed by atoms with Crippen molar-refractivity contribution in [3.63, 3.8) is 0 Å². The van der Waals surface area contributed by atoms with E-state index in [1.807, 2.05) is 0 Å². The molecule has 1 aliphatic carbocycles. The van der Waals surface area contributed by atoms with Gasteiger partial charge in [-0.15, -0.1) is 0 Å². The fourth-order valence-corrected chi connectivity index (χ4v) is 1.87. The van der Waals surface area contributed by atoms with E-state index in [1.54, 1.807) is 0 Å². The predicted octanol–water partition coefficient (Wildman–Crippen LogP) is 1.23. The van der Waals surface area contributed by atoms with Crippen LogP contribution in [0.2, 0.25) is 0 Å². The van der Waals surface area contributed by atoms with Crippen LogP contribution in [0.5, 0.6) is 0 Å². The molecule has 0 bridgehead atoms. The summed E-state index contributed by atoms with van der Waals surface area (Å²) >= 11 is 0. The summed E-state index contributed by atoms with van der Waals surface area (Å²) < 4.78 is 10.9. The highest BCUT2D eigenvalue weighted by molar-refractivity contribution is 4.86. The summed E-state index contributed by atoms with van der Waals surface area (Å²) in [6, 6.07) is 1.41. The van der Waals surface area contributed by atoms with E-state index in [2.05, 4.69) is 18.7 Å². The summed E-state index contributed by atoms with van der Waals surface area (Å²) in [4.78, 5) is 2.50. The van der Waals surface area contributed by atoms with Crippen molar-refractivity contribution >= 4 is 0 Å². The summed E-state index contributed by atoms with van der Waals surface area (Å²) in [6.45, 7) is 6.96. The Kier molecular flexibility index (Phi) is 2.86. The molecule has 2 fully saturated rings. The molecular formula is C10H19NO2. The normalized spacial score (nSPS) is 24.9. The van der Waals surface area contributed by atoms with Gasteiger partial charge in [-0.1, -0.05) is 0 Å². The molecule has 0 radical (unpaired) electrons. The SMILES string of the molecule is CC(C)N(CC1OCCO1)C1CC1. The van der Waals surface area contributed by atoms with Gasteiger partial charge in [0.2, 0.25) is 0 Å². The van der Waals surface area contributed by atoms with E-state index in [0.29, 0.717) is 6.04 Å². The number of nitrogens with zero attached hydrogens (tertiary/aromatic N) is 1. The molecule has 2 aliphatic rings. The molecule has 0 atom stereocenters. The zero-order chi connectivity index (χ0) is 9.26. The topological polar surface area (TPSA) is 21.7 Å². The third-order valence-electron chi connectivity index (χ3n) is 2.73. The molecule has 0 aromatic heterocycles. The number of ether oxygens (including phenoxy) is 2. The van der Waals surface area contributed by atoms with Gasteiger partial charge in [-0.05, 0) is 26.7 Å². The Balaban J connectivity index is 1.81. The van der Waals surface area contributed by atoms with Crippen LogP contribution in [0.25, 0.3) is 0 Å². The second-order valence-corrected chi connectivity index (χ2v) is 4.19. The molecule has 0 aromatic rings. The molecule has 3 nitrogen and oxygen atoms in total. The molecule has 0 amide bonds. The van der Waals surface area contributed by atoms with Crippen molar-refractivity contribution in [2.24, 2.45) is 0 Å². The highest BCUT2D eigenvalue weighted by Crippen LogP contribution is 2.29. The Labute approximate surface area is 80.0 Å². The van der Waals surface area contributed by atoms with Crippen LogP contribution in [-0.4, -0.2) is 43.0 Å². The molecule has 2 rings (SSSR count). The van der Waals surface area contributed by atoms with Gasteiger partial charge in [-0.3, -0.25) is 4.90 Å². The lowest BCUT2D eigenvalue weighted by molar-refractivity contribution is -0.0682. The van der Waals surface area contributed by atoms with Gasteiger partial charge in [-0.2, -0.15) is 0 Å². The first kappa shape index (κ1) is 9.44. The van der Waals surface area contributed by atoms with Crippen LogP contribution in [0.4, 0.5) is 0 Å². The lowest BCUT2D eigenvalue weighted by Crippen LogP contribution is -2.39. The molecule has 1 saturated heterocycles. The van der Waals surface area contributed by atoms with Crippen molar-refractivity contribution in [2.45, 2.75) is 45.1 Å². The smallest absolute Gasteiger partial charge is 0.170 e. The minimum atomic E-state index is 0.0306. The Morgan fingerprint density at radius 2 is 1.85 bits per heavy atom. The molecular weight excluding hydrogens is 166 g/mol. The maximum Gasteiger partial charge on any atom is 0.170 e. The van der Waals surface area contributed by atoms with Crippen LogP contribution in [0.15, 0.2) is 0 Å². The molecule has 0 unspecified atom stereocenters. The minimum Gasteiger partial charge on any atom is -0.349 e. The lowest BCUT2D eigenvalue weighted by atomic mass is 10.3. The predicted molar refractivity (Wildman–Crippen MR) is 50.6 cm³/mol.